The van der Waals surface area contributed by atoms with Crippen LogP contribution >= 0.6 is 0 Å². The number of hydrogen-bond donors (Lipinski definition) is 8. The number of aromatic nitrogens is 2. The molecule has 2 saturated heterocycles. The molecule has 20 nitrogen and oxygen atoms in total. The molecule has 343 valence electrons. The zero-order valence-electron chi connectivity index (χ0n) is 34.1. The molecule has 3 aliphatic rings. The van der Waals surface area contributed by atoms with Gasteiger partial charge < -0.3 is 61.5 Å². The Bertz CT molecular complexity index is 2400. The van der Waals surface area contributed by atoms with E-state index in [1.165, 1.54) is 24.3 Å². The van der Waals surface area contributed by atoms with E-state index in [1.807, 2.05) is 0 Å². The number of carbonyl (C=O) groups is 8. The molecule has 3 aliphatic heterocycles. The molecule has 63 heavy (non-hydrogen) atoms. The van der Waals surface area contributed by atoms with Crippen LogP contribution in [0.15, 0.2) is 17.5 Å². The summed E-state index contributed by atoms with van der Waals surface area (Å²) in [6.45, 7) is 3.14. The van der Waals surface area contributed by atoms with E-state index >= 15 is 0 Å². The van der Waals surface area contributed by atoms with Gasteiger partial charge in [-0.2, -0.15) is 11.4 Å². The summed E-state index contributed by atoms with van der Waals surface area (Å²) in [5.74, 6) is -12.0. The summed E-state index contributed by atoms with van der Waals surface area (Å²) in [5.41, 5.74) is -2.29. The van der Waals surface area contributed by atoms with Gasteiger partial charge >= 0.3 is 47.8 Å². The number of rotatable bonds is 20. The second-order valence-electron chi connectivity index (χ2n) is 16.3. The molecule has 6 atom stereocenters. The second-order valence-corrected chi connectivity index (χ2v) is 16.3. The van der Waals surface area contributed by atoms with Crippen LogP contribution in [0.4, 0.5) is 0 Å². The first kappa shape index (κ1) is 49.5. The molecule has 2 aromatic rings. The Kier molecular flexibility index (Phi) is 15.6. The third kappa shape index (κ3) is 11.3. The normalized spacial score (nSPS) is 25.4. The van der Waals surface area contributed by atoms with Gasteiger partial charge in [0.15, 0.2) is 0 Å². The molecule has 0 saturated carbocycles. The van der Waals surface area contributed by atoms with Crippen molar-refractivity contribution in [3.05, 3.63) is 72.4 Å². The summed E-state index contributed by atoms with van der Waals surface area (Å²) in [6, 6.07) is -2.18. The average molecular weight is 922 g/mol. The van der Waals surface area contributed by atoms with Crippen LogP contribution < -0.4 is 20.7 Å². The van der Waals surface area contributed by atoms with E-state index in [2.05, 4.69) is 0 Å². The summed E-state index contributed by atoms with van der Waals surface area (Å²) in [6.07, 6.45) is 0.438. The van der Waals surface area contributed by atoms with Gasteiger partial charge in [-0.1, -0.05) is 42.7 Å². The van der Waals surface area contributed by atoms with Gasteiger partial charge in [0.1, 0.15) is 0 Å². The van der Waals surface area contributed by atoms with Gasteiger partial charge in [-0.25, -0.2) is 0 Å². The molecule has 2 fully saturated rings. The van der Waals surface area contributed by atoms with Crippen LogP contribution in [-0.4, -0.2) is 101 Å². The number of allylic oxidation sites excluding steroid dienone is 2. The average Bonchev–Trinajstić information content (AvgIpc) is 3.77. The van der Waals surface area contributed by atoms with Crippen LogP contribution in [0.25, 0.3) is 28.9 Å². The van der Waals surface area contributed by atoms with Gasteiger partial charge in [0, 0.05) is 48.9 Å². The summed E-state index contributed by atoms with van der Waals surface area (Å²) in [4.78, 5) is 107. The third-order valence-corrected chi connectivity index (χ3v) is 12.1. The van der Waals surface area contributed by atoms with Crippen molar-refractivity contribution in [2.24, 2.45) is 22.7 Å². The quantitative estimate of drug-likeness (QED) is 0.0943. The first-order valence-electron chi connectivity index (χ1n) is 19.7. The fourth-order valence-electron chi connectivity index (χ4n) is 9.22. The topological polar surface area (TPSA) is 355 Å². The first-order valence-corrected chi connectivity index (χ1v) is 19.7. The molecule has 8 N–H and O–H groups in total. The first-order chi connectivity index (χ1) is 29.0. The van der Waals surface area contributed by atoms with Crippen molar-refractivity contribution in [2.75, 3.05) is 0 Å². The van der Waals surface area contributed by atoms with E-state index in [4.69, 9.17) is 20.6 Å². The Morgan fingerprint density at radius 1 is 0.571 bits per heavy atom. The molecule has 5 heterocycles. The van der Waals surface area contributed by atoms with E-state index in [9.17, 15) is 79.2 Å². The van der Waals surface area contributed by atoms with Crippen molar-refractivity contribution >= 4 is 66.0 Å². The van der Waals surface area contributed by atoms with E-state index in [0.717, 1.165) is 0 Å². The molecule has 1 unspecified atom stereocenters. The molecule has 21 heteroatoms. The van der Waals surface area contributed by atoms with Gasteiger partial charge in [-0.3, -0.25) is 38.4 Å². The SMILES string of the molecule is C[C@@]1(CC(=O)O)C2=C[C@H]3[N-]C(/C=c4\[n-]/c(c(CCC(=O)O)c4CC(=O)O)=C\c4[n-]c(c(CC(=O)O)c4CCC(=O)O)/C=C(\[N-]2)[C@H]1CCC(=O)O)[C@@](C)(CC(=O)O)[C@@H]3CCC(=O)O.[Co]. The van der Waals surface area contributed by atoms with Crippen LogP contribution in [0, 0.1) is 22.7 Å². The summed E-state index contributed by atoms with van der Waals surface area (Å²) < 4.78 is 0. The number of aliphatic carboxylic acids is 8. The Labute approximate surface area is 369 Å². The standard InChI is InChI=1S/C42H46N4O16.Co/c1-41(17-39(59)60)23(5-9-35(51)52)29-14-27-21(11-37(55)56)19(3-7-33(47)48)25(43-27)13-26-20(4-8-34(49)50)22(12-38(57)58)28(44-26)15-31-42(2,18-40(61)62)24(6-10-36(53)54)30(46-31)16-32(41)45-29;/h13-16,23-24,30-31H,3-12,17-18H2,1-2H3,(H,47,48)(H,49,50)(H,51,52)(H,53,54)(H,55,56)(H,57,58)(H,59,60)(H,61,62);/q-4;/b26-13-,28-15-,29-14-,32-16?;/t23-,24-,30-,31?,41+,42+;/m1./s1. The number of carboxylic acids is 8. The molecular formula is C42H46CoN4O16-4. The summed E-state index contributed by atoms with van der Waals surface area (Å²) in [5, 5.41) is 89.5. The zero-order chi connectivity index (χ0) is 45.8. The maximum atomic E-state index is 12.6. The largest absolute Gasteiger partial charge is 0.664 e. The van der Waals surface area contributed by atoms with Crippen LogP contribution in [-0.2, 0) is 80.8 Å². The molecular weight excluding hydrogens is 875 g/mol. The smallest absolute Gasteiger partial charge is 0.307 e. The van der Waals surface area contributed by atoms with Crippen molar-refractivity contribution in [3.8, 4) is 0 Å². The van der Waals surface area contributed by atoms with E-state index in [0.29, 0.717) is 0 Å². The van der Waals surface area contributed by atoms with Crippen LogP contribution in [0.1, 0.15) is 98.9 Å². The second kappa shape index (κ2) is 19.9. The molecule has 1 radical (unpaired) electrons. The zero-order valence-corrected chi connectivity index (χ0v) is 35.1. The maximum absolute atomic E-state index is 12.6. The van der Waals surface area contributed by atoms with E-state index in [1.54, 1.807) is 13.8 Å². The van der Waals surface area contributed by atoms with Gasteiger partial charge in [0.25, 0.3) is 0 Å². The van der Waals surface area contributed by atoms with Crippen molar-refractivity contribution in [1.29, 1.82) is 0 Å². The summed E-state index contributed by atoms with van der Waals surface area (Å²) >= 11 is 0. The minimum absolute atomic E-state index is 0. The molecule has 0 aromatic carbocycles. The monoisotopic (exact) mass is 921 g/mol. The fourth-order valence-corrected chi connectivity index (χ4v) is 9.22. The minimum Gasteiger partial charge on any atom is -0.664 e. The Balaban J connectivity index is 0.00000871. The van der Waals surface area contributed by atoms with Gasteiger partial charge in [-0.05, 0) is 53.9 Å². The molecule has 5 rings (SSSR count). The van der Waals surface area contributed by atoms with Crippen molar-refractivity contribution in [2.45, 2.75) is 103 Å². The van der Waals surface area contributed by atoms with Crippen molar-refractivity contribution < 1.29 is 96.0 Å². The maximum Gasteiger partial charge on any atom is 0.307 e. The minimum atomic E-state index is -1.48. The van der Waals surface area contributed by atoms with Gasteiger partial charge in [0.2, 0.25) is 0 Å². The third-order valence-electron chi connectivity index (χ3n) is 12.1. The molecule has 8 bridgehead atoms. The van der Waals surface area contributed by atoms with Crippen molar-refractivity contribution in [3.63, 3.8) is 0 Å². The van der Waals surface area contributed by atoms with Crippen LogP contribution in [0.2, 0.25) is 0 Å². The predicted octanol–water partition coefficient (Wildman–Crippen LogP) is 2.17. The predicted molar refractivity (Wildman–Crippen MR) is 213 cm³/mol. The number of hydrogen-bond acceptors (Lipinski definition) is 8. The number of fused-ring (bicyclic) bond motifs is 8. The Morgan fingerprint density at radius 2 is 1.11 bits per heavy atom. The molecule has 0 spiro atoms. The van der Waals surface area contributed by atoms with Crippen LogP contribution in [0.5, 0.6) is 0 Å². The van der Waals surface area contributed by atoms with Gasteiger partial charge in [-0.15, -0.1) is 46.3 Å². The number of nitrogens with zero attached hydrogens (tertiary/aromatic N) is 4. The van der Waals surface area contributed by atoms with Crippen molar-refractivity contribution in [1.82, 2.24) is 9.97 Å². The fraction of sp³-hybridized carbons (Fsp3) is 0.476. The Morgan fingerprint density at radius 3 is 1.67 bits per heavy atom. The molecule has 2 aromatic heterocycles. The molecule has 0 aliphatic carbocycles. The van der Waals surface area contributed by atoms with E-state index in [-0.39, 0.29) is 98.2 Å². The van der Waals surface area contributed by atoms with Gasteiger partial charge in [0.05, 0.1) is 19.3 Å². The summed E-state index contributed by atoms with van der Waals surface area (Å²) in [7, 11) is 0. The number of carboxylic acid groups (broad SMARTS) is 8. The van der Waals surface area contributed by atoms with E-state index < -0.39 is 134 Å². The Hall–Kier alpha value is -6.19. The molecule has 0 amide bonds. The van der Waals surface area contributed by atoms with Crippen LogP contribution in [0.3, 0.4) is 0 Å².